The molecule has 128 valence electrons. The number of carbonyl (C=O) groups is 2. The van der Waals surface area contributed by atoms with E-state index in [1.165, 1.54) is 6.20 Å². The number of hydrogen-bond acceptors (Lipinski definition) is 5. The SMILES string of the molecule is Cc1cc(Br)ccc1NC(=O)CNC(=O)c1cnc2onc(C)c2c1. The van der Waals surface area contributed by atoms with E-state index in [0.29, 0.717) is 28.0 Å². The molecule has 25 heavy (non-hydrogen) atoms. The number of pyridine rings is 1. The molecule has 0 radical (unpaired) electrons. The van der Waals surface area contributed by atoms with Crippen molar-refractivity contribution in [1.82, 2.24) is 15.5 Å². The standard InChI is InChI=1S/C17H15BrN4O3/c1-9-5-12(18)3-4-14(9)21-15(23)8-19-16(24)11-6-13-10(2)22-25-17(13)20-7-11/h3-7H,8H2,1-2H3,(H,19,24)(H,21,23). The summed E-state index contributed by atoms with van der Waals surface area (Å²) in [6.07, 6.45) is 1.39. The van der Waals surface area contributed by atoms with Crippen LogP contribution in [0.1, 0.15) is 21.6 Å². The number of rotatable bonds is 4. The first-order valence-corrected chi connectivity index (χ1v) is 8.29. The summed E-state index contributed by atoms with van der Waals surface area (Å²) in [5.41, 5.74) is 2.99. The topological polar surface area (TPSA) is 97.1 Å². The molecule has 8 heteroatoms. The summed E-state index contributed by atoms with van der Waals surface area (Å²) in [6.45, 7) is 3.51. The van der Waals surface area contributed by atoms with Gasteiger partial charge in [-0.25, -0.2) is 4.98 Å². The second-order valence-corrected chi connectivity index (χ2v) is 6.45. The highest BCUT2D eigenvalue weighted by atomic mass is 79.9. The third kappa shape index (κ3) is 3.85. The number of halogens is 1. The number of anilines is 1. The summed E-state index contributed by atoms with van der Waals surface area (Å²) in [5, 5.41) is 9.80. The third-order valence-electron chi connectivity index (χ3n) is 3.64. The summed E-state index contributed by atoms with van der Waals surface area (Å²) >= 11 is 3.37. The van der Waals surface area contributed by atoms with Crippen molar-refractivity contribution in [3.63, 3.8) is 0 Å². The Kier molecular flexibility index (Phi) is 4.80. The molecule has 0 bridgehead atoms. The van der Waals surface area contributed by atoms with Crippen LogP contribution < -0.4 is 10.6 Å². The molecule has 0 aliphatic rings. The number of fused-ring (bicyclic) bond motifs is 1. The van der Waals surface area contributed by atoms with Crippen LogP contribution in [0.15, 0.2) is 39.5 Å². The van der Waals surface area contributed by atoms with Crippen molar-refractivity contribution < 1.29 is 14.1 Å². The Morgan fingerprint density at radius 3 is 2.80 bits per heavy atom. The van der Waals surface area contributed by atoms with Crippen LogP contribution in [0, 0.1) is 13.8 Å². The first-order valence-electron chi connectivity index (χ1n) is 7.50. The number of aryl methyl sites for hydroxylation is 2. The first-order chi connectivity index (χ1) is 11.9. The molecule has 0 atom stereocenters. The highest BCUT2D eigenvalue weighted by Gasteiger charge is 2.13. The van der Waals surface area contributed by atoms with Crippen molar-refractivity contribution in [1.29, 1.82) is 0 Å². The minimum Gasteiger partial charge on any atom is -0.343 e. The molecule has 7 nitrogen and oxygen atoms in total. The van der Waals surface area contributed by atoms with Gasteiger partial charge in [-0.1, -0.05) is 21.1 Å². The smallest absolute Gasteiger partial charge is 0.257 e. The Morgan fingerprint density at radius 1 is 1.24 bits per heavy atom. The number of aromatic nitrogens is 2. The number of hydrogen-bond donors (Lipinski definition) is 2. The van der Waals surface area contributed by atoms with Crippen LogP contribution in [-0.4, -0.2) is 28.5 Å². The Morgan fingerprint density at radius 2 is 2.04 bits per heavy atom. The van der Waals surface area contributed by atoms with E-state index in [9.17, 15) is 9.59 Å². The Balaban J connectivity index is 1.62. The lowest BCUT2D eigenvalue weighted by Gasteiger charge is -2.09. The van der Waals surface area contributed by atoms with Crippen LogP contribution in [0.25, 0.3) is 11.1 Å². The van der Waals surface area contributed by atoms with Gasteiger partial charge in [0.25, 0.3) is 11.6 Å². The van der Waals surface area contributed by atoms with Gasteiger partial charge in [0.1, 0.15) is 0 Å². The molecule has 2 N–H and O–H groups in total. The zero-order valence-electron chi connectivity index (χ0n) is 13.6. The number of nitrogens with one attached hydrogen (secondary N) is 2. The average molecular weight is 403 g/mol. The molecule has 0 aliphatic carbocycles. The molecular weight excluding hydrogens is 388 g/mol. The number of carbonyl (C=O) groups excluding carboxylic acids is 2. The minimum absolute atomic E-state index is 0.144. The van der Waals surface area contributed by atoms with Crippen LogP contribution in [0.4, 0.5) is 5.69 Å². The Hall–Kier alpha value is -2.74. The number of nitrogens with zero attached hydrogens (tertiary/aromatic N) is 2. The lowest BCUT2D eigenvalue weighted by Crippen LogP contribution is -2.33. The van der Waals surface area contributed by atoms with Gasteiger partial charge in [-0.2, -0.15) is 0 Å². The van der Waals surface area contributed by atoms with Crippen molar-refractivity contribution >= 4 is 44.5 Å². The van der Waals surface area contributed by atoms with Gasteiger partial charge in [-0.3, -0.25) is 9.59 Å². The molecule has 0 fully saturated rings. The van der Waals surface area contributed by atoms with Gasteiger partial charge in [0.05, 0.1) is 23.2 Å². The molecule has 3 aromatic rings. The van der Waals surface area contributed by atoms with Crippen molar-refractivity contribution in [3.05, 3.63) is 51.8 Å². The summed E-state index contributed by atoms with van der Waals surface area (Å²) < 4.78 is 5.94. The monoisotopic (exact) mass is 402 g/mol. The predicted molar refractivity (Wildman–Crippen MR) is 96.4 cm³/mol. The van der Waals surface area contributed by atoms with Crippen LogP contribution in [-0.2, 0) is 4.79 Å². The molecule has 0 saturated carbocycles. The molecule has 0 unspecified atom stereocenters. The summed E-state index contributed by atoms with van der Waals surface area (Å²) in [4.78, 5) is 28.3. The number of amides is 2. The van der Waals surface area contributed by atoms with Gasteiger partial charge in [0, 0.05) is 16.4 Å². The van der Waals surface area contributed by atoms with Crippen LogP contribution in [0.2, 0.25) is 0 Å². The Bertz CT molecular complexity index is 968. The van der Waals surface area contributed by atoms with Crippen LogP contribution in [0.5, 0.6) is 0 Å². The average Bonchev–Trinajstić information content (AvgIpc) is 2.96. The maximum atomic E-state index is 12.2. The molecule has 3 rings (SSSR count). The Labute approximate surface area is 151 Å². The first kappa shape index (κ1) is 17.1. The lowest BCUT2D eigenvalue weighted by molar-refractivity contribution is -0.115. The molecule has 2 aromatic heterocycles. The zero-order valence-corrected chi connectivity index (χ0v) is 15.2. The van der Waals surface area contributed by atoms with Crippen LogP contribution in [0.3, 0.4) is 0 Å². The van der Waals surface area contributed by atoms with Gasteiger partial charge < -0.3 is 15.2 Å². The minimum atomic E-state index is -0.391. The summed E-state index contributed by atoms with van der Waals surface area (Å²) in [7, 11) is 0. The van der Waals surface area contributed by atoms with Crippen molar-refractivity contribution in [3.8, 4) is 0 Å². The van der Waals surface area contributed by atoms with Gasteiger partial charge in [0.2, 0.25) is 5.91 Å². The van der Waals surface area contributed by atoms with E-state index in [1.807, 2.05) is 19.1 Å². The highest BCUT2D eigenvalue weighted by Crippen LogP contribution is 2.20. The lowest BCUT2D eigenvalue weighted by atomic mass is 10.2. The summed E-state index contributed by atoms with van der Waals surface area (Å²) in [5.74, 6) is -0.702. The largest absolute Gasteiger partial charge is 0.343 e. The van der Waals surface area contributed by atoms with E-state index >= 15 is 0 Å². The number of benzene rings is 1. The fraction of sp³-hybridized carbons (Fsp3) is 0.176. The molecular formula is C17H15BrN4O3. The fourth-order valence-electron chi connectivity index (χ4n) is 2.29. The molecule has 0 spiro atoms. The maximum absolute atomic E-state index is 12.2. The molecule has 0 saturated heterocycles. The van der Waals surface area contributed by atoms with E-state index in [1.54, 1.807) is 19.1 Å². The van der Waals surface area contributed by atoms with E-state index in [2.05, 4.69) is 36.7 Å². The molecule has 1 aromatic carbocycles. The molecule has 2 heterocycles. The van der Waals surface area contributed by atoms with Gasteiger partial charge >= 0.3 is 0 Å². The molecule has 0 aliphatic heterocycles. The zero-order chi connectivity index (χ0) is 18.0. The van der Waals surface area contributed by atoms with E-state index in [-0.39, 0.29) is 12.5 Å². The molecule has 2 amide bonds. The van der Waals surface area contributed by atoms with Gasteiger partial charge in [-0.15, -0.1) is 0 Å². The van der Waals surface area contributed by atoms with E-state index in [0.717, 1.165) is 10.0 Å². The third-order valence-corrected chi connectivity index (χ3v) is 4.14. The highest BCUT2D eigenvalue weighted by molar-refractivity contribution is 9.10. The second kappa shape index (κ2) is 7.02. The van der Waals surface area contributed by atoms with Gasteiger partial charge in [-0.05, 0) is 43.7 Å². The van der Waals surface area contributed by atoms with Crippen LogP contribution >= 0.6 is 15.9 Å². The normalized spacial score (nSPS) is 10.7. The van der Waals surface area contributed by atoms with Crippen molar-refractivity contribution in [2.75, 3.05) is 11.9 Å². The predicted octanol–water partition coefficient (Wildman–Crippen LogP) is 2.97. The van der Waals surface area contributed by atoms with E-state index < -0.39 is 5.91 Å². The maximum Gasteiger partial charge on any atom is 0.257 e. The van der Waals surface area contributed by atoms with Crippen molar-refractivity contribution in [2.24, 2.45) is 0 Å². The summed E-state index contributed by atoms with van der Waals surface area (Å²) in [6, 6.07) is 7.17. The van der Waals surface area contributed by atoms with Crippen molar-refractivity contribution in [2.45, 2.75) is 13.8 Å². The quantitative estimate of drug-likeness (QED) is 0.698. The second-order valence-electron chi connectivity index (χ2n) is 5.53. The van der Waals surface area contributed by atoms with Gasteiger partial charge in [0.15, 0.2) is 0 Å². The van der Waals surface area contributed by atoms with E-state index in [4.69, 9.17) is 4.52 Å². The fourth-order valence-corrected chi connectivity index (χ4v) is 2.77.